The maximum atomic E-state index is 6.33. The van der Waals surface area contributed by atoms with Crippen LogP contribution in [0.1, 0.15) is 53.4 Å². The standard InChI is InChI=1S/C16H23BClNO3/c1-15(2)16(3,4)22-17(21-15)11-9-13(18)14(19-10-11)20-12-7-5-6-8-12/h9-10,12H,5-8H2,1-4H3. The van der Waals surface area contributed by atoms with Gasteiger partial charge in [-0.05, 0) is 59.4 Å². The Morgan fingerprint density at radius 2 is 1.77 bits per heavy atom. The van der Waals surface area contributed by atoms with Crippen molar-refractivity contribution in [3.63, 3.8) is 0 Å². The Labute approximate surface area is 137 Å². The monoisotopic (exact) mass is 323 g/mol. The summed E-state index contributed by atoms with van der Waals surface area (Å²) in [6.07, 6.45) is 6.57. The number of pyridine rings is 1. The van der Waals surface area contributed by atoms with Gasteiger partial charge in [-0.1, -0.05) is 11.6 Å². The van der Waals surface area contributed by atoms with Gasteiger partial charge in [-0.25, -0.2) is 4.98 Å². The van der Waals surface area contributed by atoms with Gasteiger partial charge in [0.15, 0.2) is 0 Å². The smallest absolute Gasteiger partial charge is 0.473 e. The van der Waals surface area contributed by atoms with Crippen LogP contribution in [0.5, 0.6) is 5.88 Å². The Balaban J connectivity index is 1.75. The highest BCUT2D eigenvalue weighted by molar-refractivity contribution is 6.62. The molecule has 3 rings (SSSR count). The first kappa shape index (κ1) is 16.1. The molecule has 1 saturated carbocycles. The van der Waals surface area contributed by atoms with E-state index < -0.39 is 7.12 Å². The predicted molar refractivity (Wildman–Crippen MR) is 87.8 cm³/mol. The minimum absolute atomic E-state index is 0.243. The number of hydrogen-bond acceptors (Lipinski definition) is 4. The van der Waals surface area contributed by atoms with Crippen molar-refractivity contribution in [3.05, 3.63) is 17.3 Å². The Morgan fingerprint density at radius 3 is 2.32 bits per heavy atom. The van der Waals surface area contributed by atoms with Crippen molar-refractivity contribution in [1.29, 1.82) is 0 Å². The van der Waals surface area contributed by atoms with E-state index in [1.165, 1.54) is 12.8 Å². The molecule has 2 fully saturated rings. The van der Waals surface area contributed by atoms with Crippen LogP contribution < -0.4 is 10.2 Å². The summed E-state index contributed by atoms with van der Waals surface area (Å²) in [6.45, 7) is 8.11. The summed E-state index contributed by atoms with van der Waals surface area (Å²) in [5.41, 5.74) is 0.0780. The molecule has 2 heterocycles. The van der Waals surface area contributed by atoms with E-state index in [0.29, 0.717) is 10.9 Å². The van der Waals surface area contributed by atoms with E-state index in [1.807, 2.05) is 33.8 Å². The fraction of sp³-hybridized carbons (Fsp3) is 0.688. The first-order valence-electron chi connectivity index (χ1n) is 7.96. The topological polar surface area (TPSA) is 40.6 Å². The van der Waals surface area contributed by atoms with E-state index in [1.54, 1.807) is 6.20 Å². The Morgan fingerprint density at radius 1 is 1.18 bits per heavy atom. The molecule has 1 aromatic rings. The number of nitrogens with zero attached hydrogens (tertiary/aromatic N) is 1. The van der Waals surface area contributed by atoms with E-state index in [2.05, 4.69) is 4.98 Å². The lowest BCUT2D eigenvalue weighted by molar-refractivity contribution is 0.00578. The highest BCUT2D eigenvalue weighted by Gasteiger charge is 2.51. The summed E-state index contributed by atoms with van der Waals surface area (Å²) >= 11 is 6.33. The van der Waals surface area contributed by atoms with Crippen molar-refractivity contribution < 1.29 is 14.0 Å². The molecule has 1 aliphatic heterocycles. The maximum Gasteiger partial charge on any atom is 0.496 e. The van der Waals surface area contributed by atoms with Gasteiger partial charge in [0.2, 0.25) is 5.88 Å². The van der Waals surface area contributed by atoms with Gasteiger partial charge in [-0.3, -0.25) is 0 Å². The van der Waals surface area contributed by atoms with Gasteiger partial charge < -0.3 is 14.0 Å². The number of halogens is 1. The molecule has 1 aromatic heterocycles. The number of hydrogen-bond donors (Lipinski definition) is 0. The van der Waals surface area contributed by atoms with Crippen LogP contribution in [0.25, 0.3) is 0 Å². The molecular formula is C16H23BClNO3. The maximum absolute atomic E-state index is 6.33. The summed E-state index contributed by atoms with van der Waals surface area (Å²) in [5, 5.41) is 0.513. The molecule has 0 aromatic carbocycles. The van der Waals surface area contributed by atoms with Crippen LogP contribution in [0, 0.1) is 0 Å². The van der Waals surface area contributed by atoms with Gasteiger partial charge in [0.05, 0.1) is 11.2 Å². The van der Waals surface area contributed by atoms with E-state index in [0.717, 1.165) is 18.3 Å². The Bertz CT molecular complexity index is 542. The zero-order chi connectivity index (χ0) is 16.0. The van der Waals surface area contributed by atoms with Gasteiger partial charge in [-0.15, -0.1) is 0 Å². The van der Waals surface area contributed by atoms with Crippen LogP contribution in [-0.2, 0) is 9.31 Å². The Hall–Kier alpha value is -0.775. The van der Waals surface area contributed by atoms with Crippen LogP contribution in [0.2, 0.25) is 5.02 Å². The summed E-state index contributed by atoms with van der Waals surface area (Å²) in [4.78, 5) is 4.37. The Kier molecular flexibility index (Phi) is 4.17. The van der Waals surface area contributed by atoms with Crippen molar-refractivity contribution in [1.82, 2.24) is 4.98 Å². The van der Waals surface area contributed by atoms with Crippen molar-refractivity contribution in [2.24, 2.45) is 0 Å². The van der Waals surface area contributed by atoms with Crippen LogP contribution in [-0.4, -0.2) is 29.4 Å². The van der Waals surface area contributed by atoms with E-state index in [9.17, 15) is 0 Å². The highest BCUT2D eigenvalue weighted by atomic mass is 35.5. The van der Waals surface area contributed by atoms with Gasteiger partial charge in [0.1, 0.15) is 11.1 Å². The van der Waals surface area contributed by atoms with Crippen LogP contribution in [0.15, 0.2) is 12.3 Å². The molecule has 120 valence electrons. The summed E-state index contributed by atoms with van der Waals surface area (Å²) < 4.78 is 17.9. The van der Waals surface area contributed by atoms with Crippen LogP contribution in [0.3, 0.4) is 0 Å². The molecule has 0 spiro atoms. The molecule has 0 N–H and O–H groups in total. The first-order chi connectivity index (χ1) is 10.3. The molecule has 0 bridgehead atoms. The number of aromatic nitrogens is 1. The number of rotatable bonds is 3. The van der Waals surface area contributed by atoms with Gasteiger partial charge in [0, 0.05) is 11.7 Å². The second-order valence-corrected chi connectivity index (χ2v) is 7.58. The third kappa shape index (κ3) is 2.99. The van der Waals surface area contributed by atoms with E-state index in [-0.39, 0.29) is 17.3 Å². The largest absolute Gasteiger partial charge is 0.496 e. The third-order valence-electron chi connectivity index (χ3n) is 4.93. The van der Waals surface area contributed by atoms with Crippen molar-refractivity contribution in [2.45, 2.75) is 70.7 Å². The predicted octanol–water partition coefficient (Wildman–Crippen LogP) is 3.36. The van der Waals surface area contributed by atoms with Crippen molar-refractivity contribution >= 4 is 24.2 Å². The van der Waals surface area contributed by atoms with Crippen LogP contribution >= 0.6 is 11.6 Å². The number of ether oxygens (including phenoxy) is 1. The fourth-order valence-electron chi connectivity index (χ4n) is 2.80. The van der Waals surface area contributed by atoms with E-state index in [4.69, 9.17) is 25.6 Å². The molecule has 0 radical (unpaired) electrons. The average molecular weight is 324 g/mol. The molecule has 2 aliphatic rings. The lowest BCUT2D eigenvalue weighted by atomic mass is 9.80. The third-order valence-corrected chi connectivity index (χ3v) is 5.21. The summed E-state index contributed by atoms with van der Waals surface area (Å²) in [7, 11) is -0.449. The summed E-state index contributed by atoms with van der Waals surface area (Å²) in [6, 6.07) is 1.83. The lowest BCUT2D eigenvalue weighted by Crippen LogP contribution is -2.41. The van der Waals surface area contributed by atoms with E-state index >= 15 is 0 Å². The van der Waals surface area contributed by atoms with Crippen LogP contribution in [0.4, 0.5) is 0 Å². The first-order valence-corrected chi connectivity index (χ1v) is 8.34. The minimum atomic E-state index is -0.449. The molecule has 22 heavy (non-hydrogen) atoms. The molecule has 6 heteroatoms. The zero-order valence-electron chi connectivity index (χ0n) is 13.7. The fourth-order valence-corrected chi connectivity index (χ4v) is 3.02. The normalized spacial score (nSPS) is 24.0. The highest BCUT2D eigenvalue weighted by Crippen LogP contribution is 2.37. The van der Waals surface area contributed by atoms with Crippen molar-refractivity contribution in [3.8, 4) is 5.88 Å². The molecule has 1 aliphatic carbocycles. The molecule has 0 unspecified atom stereocenters. The molecular weight excluding hydrogens is 300 g/mol. The second-order valence-electron chi connectivity index (χ2n) is 7.17. The minimum Gasteiger partial charge on any atom is -0.473 e. The van der Waals surface area contributed by atoms with Gasteiger partial charge in [0.25, 0.3) is 0 Å². The summed E-state index contributed by atoms with van der Waals surface area (Å²) in [5.74, 6) is 0.508. The molecule has 0 atom stereocenters. The zero-order valence-corrected chi connectivity index (χ0v) is 14.4. The van der Waals surface area contributed by atoms with Gasteiger partial charge in [-0.2, -0.15) is 0 Å². The molecule has 4 nitrogen and oxygen atoms in total. The lowest BCUT2D eigenvalue weighted by Gasteiger charge is -2.32. The molecule has 0 amide bonds. The quantitative estimate of drug-likeness (QED) is 0.800. The van der Waals surface area contributed by atoms with Gasteiger partial charge >= 0.3 is 7.12 Å². The second kappa shape index (κ2) is 5.70. The average Bonchev–Trinajstić information content (AvgIpc) is 2.99. The van der Waals surface area contributed by atoms with Crippen molar-refractivity contribution in [2.75, 3.05) is 0 Å². The molecule has 1 saturated heterocycles. The SMILES string of the molecule is CC1(C)OB(c2cnc(OC3CCCC3)c(Cl)c2)OC1(C)C.